The van der Waals surface area contributed by atoms with Crippen LogP contribution in [0.2, 0.25) is 0 Å². The smallest absolute Gasteiger partial charge is 0.135 e. The predicted molar refractivity (Wildman–Crippen MR) is 79.8 cm³/mol. The summed E-state index contributed by atoms with van der Waals surface area (Å²) in [6, 6.07) is 0.165. The molecule has 0 saturated carbocycles. The van der Waals surface area contributed by atoms with Gasteiger partial charge in [0, 0.05) is 24.6 Å². The molecule has 0 radical (unpaired) electrons. The monoisotopic (exact) mass is 266 g/mol. The van der Waals surface area contributed by atoms with Crippen LogP contribution in [0, 0.1) is 6.92 Å². The summed E-state index contributed by atoms with van der Waals surface area (Å²) < 4.78 is 0. The molecule has 5 nitrogen and oxygen atoms in total. The first-order chi connectivity index (χ1) is 8.85. The van der Waals surface area contributed by atoms with Crippen molar-refractivity contribution in [3.63, 3.8) is 0 Å². The third kappa shape index (κ3) is 4.35. The molecule has 2 unspecified atom stereocenters. The van der Waals surface area contributed by atoms with E-state index >= 15 is 0 Å². The molecule has 19 heavy (non-hydrogen) atoms. The largest absolute Gasteiger partial charge is 0.393 e. The fraction of sp³-hybridized carbons (Fsp3) is 0.714. The molecule has 0 aliphatic rings. The topological polar surface area (TPSA) is 70.1 Å². The molecule has 5 heteroatoms. The summed E-state index contributed by atoms with van der Waals surface area (Å²) >= 11 is 0. The maximum absolute atomic E-state index is 9.43. The SMILES string of the molecule is CNc1nc(C(C)C)nc(NC(C)CC(C)O)c1C. The van der Waals surface area contributed by atoms with Crippen molar-refractivity contribution in [2.45, 2.75) is 59.1 Å². The number of aliphatic hydroxyl groups is 1. The average Bonchev–Trinajstić information content (AvgIpc) is 2.30. The van der Waals surface area contributed by atoms with Crippen molar-refractivity contribution in [2.24, 2.45) is 0 Å². The third-order valence-corrected chi connectivity index (χ3v) is 2.99. The van der Waals surface area contributed by atoms with E-state index in [-0.39, 0.29) is 18.1 Å². The number of aliphatic hydroxyl groups excluding tert-OH is 1. The lowest BCUT2D eigenvalue weighted by Gasteiger charge is -2.20. The highest BCUT2D eigenvalue weighted by molar-refractivity contribution is 5.57. The molecule has 0 saturated heterocycles. The molecule has 2 atom stereocenters. The van der Waals surface area contributed by atoms with E-state index in [1.807, 2.05) is 20.9 Å². The zero-order chi connectivity index (χ0) is 14.6. The van der Waals surface area contributed by atoms with Gasteiger partial charge in [0.1, 0.15) is 17.5 Å². The molecule has 1 aromatic rings. The van der Waals surface area contributed by atoms with Crippen LogP contribution in [0.5, 0.6) is 0 Å². The number of nitrogens with one attached hydrogen (secondary N) is 2. The summed E-state index contributed by atoms with van der Waals surface area (Å²) in [6.07, 6.45) is 0.369. The number of aromatic nitrogens is 2. The molecule has 0 aliphatic carbocycles. The average molecular weight is 266 g/mol. The van der Waals surface area contributed by atoms with E-state index in [4.69, 9.17) is 0 Å². The third-order valence-electron chi connectivity index (χ3n) is 2.99. The fourth-order valence-corrected chi connectivity index (χ4v) is 1.98. The van der Waals surface area contributed by atoms with Gasteiger partial charge in [-0.3, -0.25) is 0 Å². The first kappa shape index (κ1) is 15.7. The van der Waals surface area contributed by atoms with E-state index in [9.17, 15) is 5.11 Å². The number of hydrogen-bond donors (Lipinski definition) is 3. The van der Waals surface area contributed by atoms with Gasteiger partial charge in [-0.2, -0.15) is 0 Å². The Kier molecular flexibility index (Phi) is 5.54. The molecule has 0 spiro atoms. The molecule has 0 amide bonds. The maximum atomic E-state index is 9.43. The summed E-state index contributed by atoms with van der Waals surface area (Å²) in [7, 11) is 1.86. The van der Waals surface area contributed by atoms with Crippen LogP contribution in [0.15, 0.2) is 0 Å². The second-order valence-corrected chi connectivity index (χ2v) is 5.44. The molecule has 3 N–H and O–H groups in total. The lowest BCUT2D eigenvalue weighted by molar-refractivity contribution is 0.179. The van der Waals surface area contributed by atoms with E-state index in [0.717, 1.165) is 23.0 Å². The second-order valence-electron chi connectivity index (χ2n) is 5.44. The molecule has 0 aliphatic heterocycles. The highest BCUT2D eigenvalue weighted by Gasteiger charge is 2.14. The van der Waals surface area contributed by atoms with E-state index in [1.54, 1.807) is 6.92 Å². The Hall–Kier alpha value is -1.36. The molecule has 1 aromatic heterocycles. The van der Waals surface area contributed by atoms with Gasteiger partial charge in [-0.05, 0) is 27.2 Å². The molecular formula is C14H26N4O. The van der Waals surface area contributed by atoms with Crippen LogP contribution in [0.1, 0.15) is 51.4 Å². The molecular weight excluding hydrogens is 240 g/mol. The molecule has 1 rings (SSSR count). The van der Waals surface area contributed by atoms with E-state index in [0.29, 0.717) is 6.42 Å². The van der Waals surface area contributed by atoms with Gasteiger partial charge in [0.15, 0.2) is 0 Å². The minimum Gasteiger partial charge on any atom is -0.393 e. The standard InChI is InChI=1S/C14H26N4O/c1-8(2)12-17-13(15-6)11(5)14(18-12)16-9(3)7-10(4)19/h8-10,19H,7H2,1-6H3,(H2,15,16,17,18). The molecule has 0 bridgehead atoms. The van der Waals surface area contributed by atoms with Crippen molar-refractivity contribution in [1.29, 1.82) is 0 Å². The van der Waals surface area contributed by atoms with Crippen LogP contribution >= 0.6 is 0 Å². The Morgan fingerprint density at radius 3 is 2.16 bits per heavy atom. The summed E-state index contributed by atoms with van der Waals surface area (Å²) in [4.78, 5) is 9.09. The number of anilines is 2. The van der Waals surface area contributed by atoms with Gasteiger partial charge in [-0.15, -0.1) is 0 Å². The Balaban J connectivity index is 3.01. The lowest BCUT2D eigenvalue weighted by Crippen LogP contribution is -2.22. The van der Waals surface area contributed by atoms with Crippen LogP contribution in [-0.2, 0) is 0 Å². The summed E-state index contributed by atoms with van der Waals surface area (Å²) in [6.45, 7) is 9.99. The molecule has 0 fully saturated rings. The highest BCUT2D eigenvalue weighted by Crippen LogP contribution is 2.23. The molecule has 108 valence electrons. The lowest BCUT2D eigenvalue weighted by atomic mass is 10.1. The summed E-state index contributed by atoms with van der Waals surface area (Å²) in [5.74, 6) is 2.80. The van der Waals surface area contributed by atoms with Crippen molar-refractivity contribution in [3.8, 4) is 0 Å². The summed E-state index contributed by atoms with van der Waals surface area (Å²) in [5, 5.41) is 15.9. The van der Waals surface area contributed by atoms with Crippen molar-refractivity contribution < 1.29 is 5.11 Å². The Labute approximate surface area is 115 Å². The number of hydrogen-bond acceptors (Lipinski definition) is 5. The second kappa shape index (κ2) is 6.70. The van der Waals surface area contributed by atoms with Gasteiger partial charge in [0.25, 0.3) is 0 Å². The van der Waals surface area contributed by atoms with Crippen molar-refractivity contribution >= 4 is 11.6 Å². The van der Waals surface area contributed by atoms with E-state index < -0.39 is 0 Å². The highest BCUT2D eigenvalue weighted by atomic mass is 16.3. The van der Waals surface area contributed by atoms with Crippen molar-refractivity contribution in [3.05, 3.63) is 11.4 Å². The molecule has 0 aromatic carbocycles. The van der Waals surface area contributed by atoms with Crippen LogP contribution in [0.4, 0.5) is 11.6 Å². The van der Waals surface area contributed by atoms with Crippen LogP contribution in [-0.4, -0.2) is 34.3 Å². The van der Waals surface area contributed by atoms with Gasteiger partial charge < -0.3 is 15.7 Å². The minimum absolute atomic E-state index is 0.165. The predicted octanol–water partition coefficient (Wildman–Crippen LogP) is 2.52. The quantitative estimate of drug-likeness (QED) is 0.738. The van der Waals surface area contributed by atoms with Crippen LogP contribution in [0.3, 0.4) is 0 Å². The van der Waals surface area contributed by atoms with E-state index in [1.165, 1.54) is 0 Å². The Morgan fingerprint density at radius 1 is 1.11 bits per heavy atom. The molecule has 1 heterocycles. The first-order valence-corrected chi connectivity index (χ1v) is 6.86. The van der Waals surface area contributed by atoms with Gasteiger partial charge in [0.05, 0.1) is 6.10 Å². The number of nitrogens with zero attached hydrogens (tertiary/aromatic N) is 2. The van der Waals surface area contributed by atoms with Gasteiger partial charge in [0.2, 0.25) is 0 Å². The van der Waals surface area contributed by atoms with Crippen molar-refractivity contribution in [1.82, 2.24) is 9.97 Å². The maximum Gasteiger partial charge on any atom is 0.135 e. The van der Waals surface area contributed by atoms with Gasteiger partial charge >= 0.3 is 0 Å². The number of rotatable bonds is 6. The minimum atomic E-state index is -0.321. The Bertz CT molecular complexity index is 418. The zero-order valence-electron chi connectivity index (χ0n) is 12.8. The summed E-state index contributed by atoms with van der Waals surface area (Å²) in [5.41, 5.74) is 1.00. The fourth-order valence-electron chi connectivity index (χ4n) is 1.98. The Morgan fingerprint density at radius 2 is 1.68 bits per heavy atom. The van der Waals surface area contributed by atoms with Gasteiger partial charge in [-0.1, -0.05) is 13.8 Å². The normalized spacial score (nSPS) is 14.3. The zero-order valence-corrected chi connectivity index (χ0v) is 12.8. The van der Waals surface area contributed by atoms with Gasteiger partial charge in [-0.25, -0.2) is 9.97 Å². The van der Waals surface area contributed by atoms with Crippen LogP contribution < -0.4 is 10.6 Å². The van der Waals surface area contributed by atoms with Crippen LogP contribution in [0.25, 0.3) is 0 Å². The van der Waals surface area contributed by atoms with E-state index in [2.05, 4.69) is 34.4 Å². The van der Waals surface area contributed by atoms with Crippen molar-refractivity contribution in [2.75, 3.05) is 17.7 Å². The first-order valence-electron chi connectivity index (χ1n) is 6.86.